The molecule has 0 heterocycles. The van der Waals surface area contributed by atoms with Gasteiger partial charge in [0.25, 0.3) is 0 Å². The summed E-state index contributed by atoms with van der Waals surface area (Å²) in [5.74, 6) is -2.19. The third kappa shape index (κ3) is 6.29. The third-order valence-electron chi connectivity index (χ3n) is 1.14. The van der Waals surface area contributed by atoms with Crippen LogP contribution in [0.1, 0.15) is 6.92 Å². The van der Waals surface area contributed by atoms with Crippen molar-refractivity contribution < 1.29 is 49.4 Å². The average molecular weight is 218 g/mol. The smallest absolute Gasteiger partial charge is 0.548 e. The van der Waals surface area contributed by atoms with Gasteiger partial charge in [-0.25, -0.2) is 0 Å². The molecule has 0 spiro atoms. The Bertz CT molecular complexity index is 187. The molecule has 0 aromatic carbocycles. The number of carbonyl (C=O) groups is 2. The minimum absolute atomic E-state index is 0. The van der Waals surface area contributed by atoms with E-state index in [9.17, 15) is 14.7 Å². The van der Waals surface area contributed by atoms with Crippen molar-refractivity contribution in [3.63, 3.8) is 0 Å². The summed E-state index contributed by atoms with van der Waals surface area (Å²) in [5.41, 5.74) is 0. The van der Waals surface area contributed by atoms with Gasteiger partial charge in [0.15, 0.2) is 0 Å². The molecule has 1 unspecified atom stereocenters. The van der Waals surface area contributed by atoms with Gasteiger partial charge >= 0.3 is 29.6 Å². The molecule has 0 saturated heterocycles. The topological polar surface area (TPSA) is 89.5 Å². The molecule has 0 fully saturated rings. The molecule has 0 aliphatic carbocycles. The van der Waals surface area contributed by atoms with Crippen molar-refractivity contribution in [2.45, 2.75) is 18.3 Å². The van der Waals surface area contributed by atoms with E-state index >= 15 is 0 Å². The summed E-state index contributed by atoms with van der Waals surface area (Å²) in [6.45, 7) is 0.679. The van der Waals surface area contributed by atoms with Gasteiger partial charge in [0.2, 0.25) is 5.91 Å². The average Bonchev–Trinajstić information content (AvgIpc) is 1.98. The molecule has 13 heavy (non-hydrogen) atoms. The third-order valence-corrected chi connectivity index (χ3v) is 1.34. The molecule has 0 aliphatic rings. The van der Waals surface area contributed by atoms with Crippen LogP contribution in [0.4, 0.5) is 0 Å². The molecule has 1 amide bonds. The van der Waals surface area contributed by atoms with Gasteiger partial charge < -0.3 is 20.3 Å². The summed E-state index contributed by atoms with van der Waals surface area (Å²) in [6, 6.07) is -1.39. The quantitative estimate of drug-likeness (QED) is 0.364. The fraction of sp³-hybridized carbons (Fsp3) is 0.667. The first kappa shape index (κ1) is 15.7. The van der Waals surface area contributed by atoms with Gasteiger partial charge in [-0.2, -0.15) is 0 Å². The molecular weight excluding hydrogens is 209 g/mol. The molecule has 7 heteroatoms. The van der Waals surface area contributed by atoms with E-state index in [4.69, 9.17) is 16.7 Å². The van der Waals surface area contributed by atoms with Crippen LogP contribution >= 0.6 is 11.6 Å². The molecule has 2 atom stereocenters. The van der Waals surface area contributed by atoms with Crippen LogP contribution in [-0.2, 0) is 9.59 Å². The largest absolute Gasteiger partial charge is 1.00 e. The molecule has 0 bridgehead atoms. The van der Waals surface area contributed by atoms with E-state index in [1.54, 1.807) is 0 Å². The van der Waals surface area contributed by atoms with E-state index in [0.717, 1.165) is 0 Å². The molecule has 0 saturated carbocycles. The van der Waals surface area contributed by atoms with Crippen molar-refractivity contribution >= 4 is 23.5 Å². The van der Waals surface area contributed by atoms with Crippen LogP contribution in [0.15, 0.2) is 0 Å². The van der Waals surface area contributed by atoms with Crippen molar-refractivity contribution in [2.75, 3.05) is 6.61 Å². The molecule has 5 nitrogen and oxygen atoms in total. The van der Waals surface area contributed by atoms with Gasteiger partial charge in [-0.05, 0) is 6.92 Å². The van der Waals surface area contributed by atoms with Crippen LogP contribution < -0.4 is 40.0 Å². The van der Waals surface area contributed by atoms with Crippen LogP contribution in [-0.4, -0.2) is 35.0 Å². The Morgan fingerprint density at radius 1 is 1.62 bits per heavy atom. The molecule has 0 aromatic rings. The summed E-state index contributed by atoms with van der Waals surface area (Å²) < 4.78 is 0. The van der Waals surface area contributed by atoms with Crippen molar-refractivity contribution in [1.29, 1.82) is 0 Å². The predicted molar refractivity (Wildman–Crippen MR) is 39.3 cm³/mol. The number of aliphatic carboxylic acids is 1. The standard InChI is InChI=1S/C6H10ClNO4.Na/c1-3(7)5(10)8-4(2-9)6(11)12;/h3-4,9H,2H2,1H3,(H,8,10)(H,11,12);/q;+1/p-1/t3?,4-;/m0./s1. The molecule has 2 N–H and O–H groups in total. The van der Waals surface area contributed by atoms with Crippen molar-refractivity contribution in [3.05, 3.63) is 0 Å². The number of aliphatic hydroxyl groups is 1. The van der Waals surface area contributed by atoms with Gasteiger partial charge in [-0.1, -0.05) is 0 Å². The number of carbonyl (C=O) groups excluding carboxylic acids is 2. The minimum atomic E-state index is -1.54. The summed E-state index contributed by atoms with van der Waals surface area (Å²) in [6.07, 6.45) is 0. The van der Waals surface area contributed by atoms with Gasteiger partial charge in [0.1, 0.15) is 5.38 Å². The second-order valence-corrected chi connectivity index (χ2v) is 2.83. The monoisotopic (exact) mass is 217 g/mol. The molecule has 0 radical (unpaired) electrons. The molecule has 0 aliphatic heterocycles. The van der Waals surface area contributed by atoms with Gasteiger partial charge in [0.05, 0.1) is 18.6 Å². The minimum Gasteiger partial charge on any atom is -0.548 e. The molecule has 0 aromatic heterocycles. The second kappa shape index (κ2) is 7.58. The zero-order valence-electron chi connectivity index (χ0n) is 7.41. The number of carboxylic acid groups (broad SMARTS) is 1. The fourth-order valence-electron chi connectivity index (χ4n) is 0.466. The van der Waals surface area contributed by atoms with Crippen molar-refractivity contribution in [2.24, 2.45) is 0 Å². The van der Waals surface area contributed by atoms with E-state index in [1.165, 1.54) is 6.92 Å². The van der Waals surface area contributed by atoms with E-state index in [0.29, 0.717) is 0 Å². The maximum atomic E-state index is 10.8. The van der Waals surface area contributed by atoms with Gasteiger partial charge in [-0.3, -0.25) is 4.79 Å². The Kier molecular flexibility index (Phi) is 9.13. The van der Waals surface area contributed by atoms with Gasteiger partial charge in [-0.15, -0.1) is 11.6 Å². The SMILES string of the molecule is CC(Cl)C(=O)N[C@@H](CO)C(=O)[O-].[Na+]. The maximum absolute atomic E-state index is 10.8. The Morgan fingerprint density at radius 2 is 2.08 bits per heavy atom. The Hall–Kier alpha value is 0.190. The zero-order valence-corrected chi connectivity index (χ0v) is 10.2. The predicted octanol–water partition coefficient (Wildman–Crippen LogP) is -5.16. The van der Waals surface area contributed by atoms with Gasteiger partial charge in [0, 0.05) is 0 Å². The van der Waals surface area contributed by atoms with Crippen LogP contribution in [0, 0.1) is 0 Å². The second-order valence-electron chi connectivity index (χ2n) is 2.18. The first-order valence-electron chi connectivity index (χ1n) is 3.25. The molecular formula is C6H9ClNNaO4. The Morgan fingerprint density at radius 3 is 2.31 bits per heavy atom. The van der Waals surface area contributed by atoms with Crippen LogP contribution in [0.3, 0.4) is 0 Å². The fourth-order valence-corrected chi connectivity index (χ4v) is 0.529. The summed E-state index contributed by atoms with van der Waals surface area (Å²) in [7, 11) is 0. The van der Waals surface area contributed by atoms with E-state index in [2.05, 4.69) is 0 Å². The van der Waals surface area contributed by atoms with Crippen LogP contribution in [0.2, 0.25) is 0 Å². The summed E-state index contributed by atoms with van der Waals surface area (Å²) in [5, 5.41) is 19.8. The number of hydrogen-bond acceptors (Lipinski definition) is 4. The number of aliphatic hydroxyl groups excluding tert-OH is 1. The summed E-state index contributed by atoms with van der Waals surface area (Å²) >= 11 is 5.33. The Labute approximate surface area is 103 Å². The van der Waals surface area contributed by atoms with Crippen molar-refractivity contribution in [3.8, 4) is 0 Å². The van der Waals surface area contributed by atoms with E-state index in [-0.39, 0.29) is 29.6 Å². The number of carboxylic acids is 1. The Balaban J connectivity index is 0. The number of hydrogen-bond donors (Lipinski definition) is 2. The normalized spacial score (nSPS) is 13.8. The number of amides is 1. The number of nitrogens with one attached hydrogen (secondary N) is 1. The first-order chi connectivity index (χ1) is 5.49. The zero-order chi connectivity index (χ0) is 9.72. The number of rotatable bonds is 4. The maximum Gasteiger partial charge on any atom is 1.00 e. The first-order valence-corrected chi connectivity index (χ1v) is 3.68. The van der Waals surface area contributed by atoms with Crippen molar-refractivity contribution in [1.82, 2.24) is 5.32 Å². The van der Waals surface area contributed by atoms with Crippen LogP contribution in [0.25, 0.3) is 0 Å². The summed E-state index contributed by atoms with van der Waals surface area (Å²) in [4.78, 5) is 20.9. The van der Waals surface area contributed by atoms with E-state index < -0.39 is 29.9 Å². The molecule has 70 valence electrons. The molecule has 0 rings (SSSR count). The number of halogens is 1. The van der Waals surface area contributed by atoms with E-state index in [1.807, 2.05) is 5.32 Å². The van der Waals surface area contributed by atoms with Crippen LogP contribution in [0.5, 0.6) is 0 Å². The number of alkyl halides is 1.